The zero-order valence-corrected chi connectivity index (χ0v) is 12.0. The van der Waals surface area contributed by atoms with Gasteiger partial charge in [0.2, 0.25) is 5.91 Å². The molecule has 0 saturated heterocycles. The molecule has 1 amide bonds. The first kappa shape index (κ1) is 13.4. The number of anilines is 2. The largest absolute Gasteiger partial charge is 0.312 e. The molecule has 20 heavy (non-hydrogen) atoms. The van der Waals surface area contributed by atoms with Crippen LogP contribution in [-0.4, -0.2) is 27.9 Å². The minimum atomic E-state index is -3.54. The molecular weight excluding hydrogens is 278 g/mol. The van der Waals surface area contributed by atoms with E-state index in [2.05, 4.69) is 9.44 Å². The molecule has 2 aliphatic rings. The molecule has 1 saturated carbocycles. The highest BCUT2D eigenvalue weighted by molar-refractivity contribution is 7.90. The fourth-order valence-electron chi connectivity index (χ4n) is 2.43. The van der Waals surface area contributed by atoms with Crippen LogP contribution in [0.2, 0.25) is 0 Å². The van der Waals surface area contributed by atoms with E-state index in [1.54, 1.807) is 17.0 Å². The monoisotopic (exact) mass is 295 g/mol. The van der Waals surface area contributed by atoms with Crippen LogP contribution in [0.4, 0.5) is 11.4 Å². The molecule has 1 aliphatic carbocycles. The summed E-state index contributed by atoms with van der Waals surface area (Å²) in [5.41, 5.74) is 2.39. The molecule has 1 aliphatic heterocycles. The van der Waals surface area contributed by atoms with Gasteiger partial charge in [-0.15, -0.1) is 0 Å². The summed E-state index contributed by atoms with van der Waals surface area (Å²) in [5, 5.41) is 0. The zero-order chi connectivity index (χ0) is 14.3. The second kappa shape index (κ2) is 4.75. The van der Waals surface area contributed by atoms with Crippen molar-refractivity contribution in [3.8, 4) is 0 Å². The van der Waals surface area contributed by atoms with Crippen LogP contribution >= 0.6 is 0 Å². The van der Waals surface area contributed by atoms with Gasteiger partial charge in [0.05, 0.1) is 5.69 Å². The van der Waals surface area contributed by atoms with Crippen molar-refractivity contribution in [2.75, 3.05) is 23.2 Å². The number of benzene rings is 1. The van der Waals surface area contributed by atoms with Crippen molar-refractivity contribution in [2.24, 2.45) is 5.92 Å². The van der Waals surface area contributed by atoms with Gasteiger partial charge >= 0.3 is 0 Å². The molecule has 0 bridgehead atoms. The van der Waals surface area contributed by atoms with E-state index in [0.717, 1.165) is 30.5 Å². The van der Waals surface area contributed by atoms with Gasteiger partial charge in [0.15, 0.2) is 0 Å². The topological polar surface area (TPSA) is 78.5 Å². The Labute approximate surface area is 118 Å². The third kappa shape index (κ3) is 2.51. The molecule has 2 N–H and O–H groups in total. The van der Waals surface area contributed by atoms with E-state index in [9.17, 15) is 13.2 Å². The highest BCUT2D eigenvalue weighted by atomic mass is 32.2. The van der Waals surface area contributed by atoms with Gasteiger partial charge in [0.1, 0.15) is 0 Å². The number of carbonyl (C=O) groups excluding carboxylic acids is 1. The Kier molecular flexibility index (Phi) is 3.18. The van der Waals surface area contributed by atoms with Crippen molar-refractivity contribution in [1.82, 2.24) is 4.72 Å². The number of nitrogens with one attached hydrogen (secondary N) is 2. The second-order valence-corrected chi connectivity index (χ2v) is 6.79. The van der Waals surface area contributed by atoms with Crippen molar-refractivity contribution in [3.63, 3.8) is 0 Å². The predicted molar refractivity (Wildman–Crippen MR) is 76.8 cm³/mol. The number of amides is 1. The highest BCUT2D eigenvalue weighted by Crippen LogP contribution is 2.37. The molecular formula is C13H17N3O3S. The Morgan fingerprint density at radius 1 is 1.35 bits per heavy atom. The predicted octanol–water partition coefficient (Wildman–Crippen LogP) is 0.862. The van der Waals surface area contributed by atoms with Gasteiger partial charge in [-0.3, -0.25) is 9.52 Å². The van der Waals surface area contributed by atoms with Gasteiger partial charge in [-0.2, -0.15) is 8.42 Å². The van der Waals surface area contributed by atoms with E-state index in [-0.39, 0.29) is 11.8 Å². The number of rotatable bonds is 4. The van der Waals surface area contributed by atoms with Crippen LogP contribution in [-0.2, 0) is 21.4 Å². The highest BCUT2D eigenvalue weighted by Gasteiger charge is 2.36. The molecule has 1 aromatic rings. The third-order valence-corrected chi connectivity index (χ3v) is 4.74. The van der Waals surface area contributed by atoms with E-state index in [1.807, 2.05) is 6.07 Å². The van der Waals surface area contributed by atoms with E-state index in [0.29, 0.717) is 12.2 Å². The van der Waals surface area contributed by atoms with Gasteiger partial charge in [0.25, 0.3) is 10.2 Å². The first-order valence-corrected chi connectivity index (χ1v) is 8.14. The first-order chi connectivity index (χ1) is 9.50. The molecule has 0 aromatic heterocycles. The lowest BCUT2D eigenvalue weighted by molar-refractivity contribution is -0.119. The minimum absolute atomic E-state index is 0.164. The number of nitrogens with zero attached hydrogens (tertiary/aromatic N) is 1. The fraction of sp³-hybridized carbons (Fsp3) is 0.462. The summed E-state index contributed by atoms with van der Waals surface area (Å²) in [6, 6.07) is 5.33. The van der Waals surface area contributed by atoms with Crippen LogP contribution in [0, 0.1) is 5.92 Å². The number of fused-ring (bicyclic) bond motifs is 1. The van der Waals surface area contributed by atoms with Crippen LogP contribution in [0.25, 0.3) is 0 Å². The molecule has 0 atom stereocenters. The van der Waals surface area contributed by atoms with Gasteiger partial charge in [-0.25, -0.2) is 4.72 Å². The van der Waals surface area contributed by atoms with E-state index < -0.39 is 10.2 Å². The molecule has 108 valence electrons. The van der Waals surface area contributed by atoms with Gasteiger partial charge in [-0.1, -0.05) is 6.07 Å². The lowest BCUT2D eigenvalue weighted by Crippen LogP contribution is -2.30. The Morgan fingerprint density at radius 3 is 2.75 bits per heavy atom. The van der Waals surface area contributed by atoms with E-state index in [4.69, 9.17) is 0 Å². The van der Waals surface area contributed by atoms with Gasteiger partial charge in [-0.05, 0) is 37.0 Å². The molecule has 1 aromatic carbocycles. The average molecular weight is 295 g/mol. The third-order valence-electron chi connectivity index (χ3n) is 3.69. The molecule has 3 rings (SSSR count). The molecule has 1 fully saturated rings. The lowest BCUT2D eigenvalue weighted by atomic mass is 10.1. The summed E-state index contributed by atoms with van der Waals surface area (Å²) in [6.07, 6.45) is 2.76. The summed E-state index contributed by atoms with van der Waals surface area (Å²) >= 11 is 0. The Morgan fingerprint density at radius 2 is 2.10 bits per heavy atom. The van der Waals surface area contributed by atoms with Crippen LogP contribution < -0.4 is 14.3 Å². The zero-order valence-electron chi connectivity index (χ0n) is 11.2. The molecule has 0 radical (unpaired) electrons. The van der Waals surface area contributed by atoms with Crippen molar-refractivity contribution < 1.29 is 13.2 Å². The summed E-state index contributed by atoms with van der Waals surface area (Å²) in [5.74, 6) is 0.330. The summed E-state index contributed by atoms with van der Waals surface area (Å²) in [6.45, 7) is 0.687. The van der Waals surface area contributed by atoms with Crippen molar-refractivity contribution in [3.05, 3.63) is 23.8 Å². The first-order valence-electron chi connectivity index (χ1n) is 6.66. The second-order valence-electron chi connectivity index (χ2n) is 5.17. The van der Waals surface area contributed by atoms with Gasteiger partial charge < -0.3 is 4.90 Å². The fourth-order valence-corrected chi connectivity index (χ4v) is 2.97. The summed E-state index contributed by atoms with van der Waals surface area (Å²) < 4.78 is 27.6. The summed E-state index contributed by atoms with van der Waals surface area (Å²) in [4.78, 5) is 14.0. The van der Waals surface area contributed by atoms with Crippen LogP contribution in [0.5, 0.6) is 0 Å². The minimum Gasteiger partial charge on any atom is -0.312 e. The van der Waals surface area contributed by atoms with Gasteiger partial charge in [0, 0.05) is 25.2 Å². The average Bonchev–Trinajstić information content (AvgIpc) is 3.18. The SMILES string of the molecule is CNS(=O)(=O)Nc1ccc2c(c1)N(C(=O)C1CC1)CC2. The smallest absolute Gasteiger partial charge is 0.298 e. The molecule has 6 nitrogen and oxygen atoms in total. The van der Waals surface area contributed by atoms with Crippen LogP contribution in [0.1, 0.15) is 18.4 Å². The Balaban J connectivity index is 1.87. The maximum atomic E-state index is 12.2. The van der Waals surface area contributed by atoms with Crippen LogP contribution in [0.15, 0.2) is 18.2 Å². The number of hydrogen-bond donors (Lipinski definition) is 2. The standard InChI is InChI=1S/C13H17N3O3S/c1-14-20(18,19)15-11-5-4-9-6-7-16(12(9)8-11)13(17)10-2-3-10/h4-5,8,10,14-15H,2-3,6-7H2,1H3. The summed E-state index contributed by atoms with van der Waals surface area (Å²) in [7, 11) is -2.19. The van der Waals surface area contributed by atoms with Crippen molar-refractivity contribution in [2.45, 2.75) is 19.3 Å². The van der Waals surface area contributed by atoms with E-state index in [1.165, 1.54) is 7.05 Å². The maximum absolute atomic E-state index is 12.2. The molecule has 0 unspecified atom stereocenters. The van der Waals surface area contributed by atoms with Crippen molar-refractivity contribution >= 4 is 27.5 Å². The molecule has 0 spiro atoms. The Bertz CT molecular complexity index is 653. The molecule has 7 heteroatoms. The number of carbonyl (C=O) groups is 1. The maximum Gasteiger partial charge on any atom is 0.298 e. The quantitative estimate of drug-likeness (QED) is 0.865. The van der Waals surface area contributed by atoms with Crippen molar-refractivity contribution in [1.29, 1.82) is 0 Å². The number of hydrogen-bond acceptors (Lipinski definition) is 3. The Hall–Kier alpha value is -1.60. The lowest BCUT2D eigenvalue weighted by Gasteiger charge is -2.18. The van der Waals surface area contributed by atoms with E-state index >= 15 is 0 Å². The molecule has 1 heterocycles. The normalized spacial score (nSPS) is 17.9. The van der Waals surface area contributed by atoms with Crippen LogP contribution in [0.3, 0.4) is 0 Å².